The Morgan fingerprint density at radius 1 is 1.27 bits per heavy atom. The second kappa shape index (κ2) is 7.24. The molecule has 82 valence electrons. The van der Waals surface area contributed by atoms with Gasteiger partial charge in [0.05, 0.1) is 6.10 Å². The van der Waals surface area contributed by atoms with Gasteiger partial charge in [-0.1, -0.05) is 62.2 Å². The fourth-order valence-corrected chi connectivity index (χ4v) is 1.48. The quantitative estimate of drug-likeness (QED) is 0.750. The average molecular weight is 204 g/mol. The van der Waals surface area contributed by atoms with E-state index in [0.717, 1.165) is 25.7 Å². The molecule has 0 aliphatic carbocycles. The Kier molecular flexibility index (Phi) is 5.79. The Hall–Kier alpha value is -1.08. The van der Waals surface area contributed by atoms with Crippen LogP contribution in [0.15, 0.2) is 36.4 Å². The summed E-state index contributed by atoms with van der Waals surface area (Å²) in [5.74, 6) is 0. The highest BCUT2D eigenvalue weighted by Gasteiger charge is 1.99. The van der Waals surface area contributed by atoms with Crippen molar-refractivity contribution in [3.8, 4) is 0 Å². The lowest BCUT2D eigenvalue weighted by Crippen LogP contribution is -2.03. The molecule has 1 rings (SSSR count). The second-order valence-corrected chi connectivity index (χ2v) is 3.84. The number of aliphatic hydroxyl groups is 1. The number of rotatable bonds is 6. The van der Waals surface area contributed by atoms with Crippen molar-refractivity contribution in [3.05, 3.63) is 42.0 Å². The molecule has 1 nitrogen and oxygen atoms in total. The van der Waals surface area contributed by atoms with E-state index in [1.807, 2.05) is 18.2 Å². The van der Waals surface area contributed by atoms with Crippen molar-refractivity contribution in [3.63, 3.8) is 0 Å². The minimum Gasteiger partial charge on any atom is -0.393 e. The molecule has 1 aromatic carbocycles. The van der Waals surface area contributed by atoms with Gasteiger partial charge in [-0.25, -0.2) is 0 Å². The average Bonchev–Trinajstić information content (AvgIpc) is 2.28. The molecule has 1 N–H and O–H groups in total. The van der Waals surface area contributed by atoms with Gasteiger partial charge < -0.3 is 5.11 Å². The third-order valence-electron chi connectivity index (χ3n) is 2.41. The van der Waals surface area contributed by atoms with Gasteiger partial charge in [-0.3, -0.25) is 0 Å². The van der Waals surface area contributed by atoms with Crippen LogP contribution >= 0.6 is 0 Å². The molecule has 0 saturated carbocycles. The van der Waals surface area contributed by atoms with Crippen LogP contribution in [0.3, 0.4) is 0 Å². The molecule has 0 aliphatic heterocycles. The molecular weight excluding hydrogens is 184 g/mol. The van der Waals surface area contributed by atoms with E-state index in [1.54, 1.807) is 0 Å². The van der Waals surface area contributed by atoms with Crippen LogP contribution in [0.5, 0.6) is 0 Å². The molecule has 1 heteroatoms. The van der Waals surface area contributed by atoms with Gasteiger partial charge in [0, 0.05) is 0 Å². The predicted octanol–water partition coefficient (Wildman–Crippen LogP) is 3.64. The largest absolute Gasteiger partial charge is 0.393 e. The molecule has 0 saturated heterocycles. The second-order valence-electron chi connectivity index (χ2n) is 3.84. The van der Waals surface area contributed by atoms with Gasteiger partial charge in [-0.15, -0.1) is 0 Å². The summed E-state index contributed by atoms with van der Waals surface area (Å²) in [5.41, 5.74) is 1.19. The third-order valence-corrected chi connectivity index (χ3v) is 2.41. The Morgan fingerprint density at radius 3 is 2.67 bits per heavy atom. The van der Waals surface area contributed by atoms with Crippen molar-refractivity contribution in [1.82, 2.24) is 0 Å². The van der Waals surface area contributed by atoms with Gasteiger partial charge in [0.2, 0.25) is 0 Å². The lowest BCUT2D eigenvalue weighted by atomic mass is 10.1. The highest BCUT2D eigenvalue weighted by molar-refractivity contribution is 5.48. The molecule has 0 bridgehead atoms. The van der Waals surface area contributed by atoms with Crippen LogP contribution in [0.2, 0.25) is 0 Å². The molecule has 0 aromatic heterocycles. The van der Waals surface area contributed by atoms with E-state index in [1.165, 1.54) is 5.56 Å². The van der Waals surface area contributed by atoms with E-state index in [2.05, 4.69) is 31.2 Å². The molecule has 0 amide bonds. The maximum atomic E-state index is 9.61. The highest BCUT2D eigenvalue weighted by atomic mass is 16.3. The number of hydrogen-bond donors (Lipinski definition) is 1. The molecule has 0 spiro atoms. The normalized spacial score (nSPS) is 13.2. The maximum Gasteiger partial charge on any atom is 0.0574 e. The fourth-order valence-electron chi connectivity index (χ4n) is 1.48. The van der Waals surface area contributed by atoms with Crippen molar-refractivity contribution in [2.24, 2.45) is 0 Å². The minimum absolute atomic E-state index is 0.176. The first-order chi connectivity index (χ1) is 7.33. The zero-order valence-corrected chi connectivity index (χ0v) is 9.39. The summed E-state index contributed by atoms with van der Waals surface area (Å²) < 4.78 is 0. The maximum absolute atomic E-state index is 9.61. The summed E-state index contributed by atoms with van der Waals surface area (Å²) in [4.78, 5) is 0. The van der Waals surface area contributed by atoms with Crippen molar-refractivity contribution < 1.29 is 5.11 Å². The van der Waals surface area contributed by atoms with E-state index in [4.69, 9.17) is 0 Å². The van der Waals surface area contributed by atoms with E-state index in [9.17, 15) is 5.11 Å². The fraction of sp³-hybridized carbons (Fsp3) is 0.429. The lowest BCUT2D eigenvalue weighted by molar-refractivity contribution is 0.165. The van der Waals surface area contributed by atoms with Crippen LogP contribution in [-0.4, -0.2) is 11.2 Å². The SMILES string of the molecule is CCCCC(O)CC=Cc1ccccc1. The van der Waals surface area contributed by atoms with Crippen molar-refractivity contribution in [1.29, 1.82) is 0 Å². The molecule has 0 fully saturated rings. The molecule has 1 unspecified atom stereocenters. The Morgan fingerprint density at radius 2 is 2.00 bits per heavy atom. The summed E-state index contributed by atoms with van der Waals surface area (Å²) in [6, 6.07) is 10.2. The van der Waals surface area contributed by atoms with Crippen LogP contribution in [0.1, 0.15) is 38.2 Å². The molecule has 0 heterocycles. The number of aliphatic hydroxyl groups excluding tert-OH is 1. The topological polar surface area (TPSA) is 20.2 Å². The standard InChI is InChI=1S/C14H20O/c1-2-3-11-14(15)12-7-10-13-8-5-4-6-9-13/h4-10,14-15H,2-3,11-12H2,1H3. The van der Waals surface area contributed by atoms with E-state index >= 15 is 0 Å². The number of benzene rings is 1. The van der Waals surface area contributed by atoms with Gasteiger partial charge in [-0.2, -0.15) is 0 Å². The Balaban J connectivity index is 2.27. The van der Waals surface area contributed by atoms with E-state index in [0.29, 0.717) is 0 Å². The van der Waals surface area contributed by atoms with Crippen LogP contribution in [0.25, 0.3) is 6.08 Å². The first-order valence-electron chi connectivity index (χ1n) is 5.72. The molecule has 0 aliphatic rings. The van der Waals surface area contributed by atoms with Crippen molar-refractivity contribution in [2.75, 3.05) is 0 Å². The van der Waals surface area contributed by atoms with Crippen molar-refractivity contribution in [2.45, 2.75) is 38.7 Å². The number of unbranched alkanes of at least 4 members (excludes halogenated alkanes) is 1. The van der Waals surface area contributed by atoms with Crippen LogP contribution in [-0.2, 0) is 0 Å². The monoisotopic (exact) mass is 204 g/mol. The summed E-state index contributed by atoms with van der Waals surface area (Å²) in [5, 5.41) is 9.61. The first-order valence-corrected chi connectivity index (χ1v) is 5.72. The van der Waals surface area contributed by atoms with Crippen molar-refractivity contribution >= 4 is 6.08 Å². The zero-order chi connectivity index (χ0) is 10.9. The first kappa shape index (κ1) is 12.0. The van der Waals surface area contributed by atoms with Gasteiger partial charge in [0.25, 0.3) is 0 Å². The molecule has 15 heavy (non-hydrogen) atoms. The van der Waals surface area contributed by atoms with Crippen LogP contribution < -0.4 is 0 Å². The Labute approximate surface area is 92.5 Å². The highest BCUT2D eigenvalue weighted by Crippen LogP contribution is 2.07. The van der Waals surface area contributed by atoms with Gasteiger partial charge >= 0.3 is 0 Å². The molecule has 0 radical (unpaired) electrons. The minimum atomic E-state index is -0.176. The van der Waals surface area contributed by atoms with Gasteiger partial charge in [0.15, 0.2) is 0 Å². The molecule has 1 aromatic rings. The van der Waals surface area contributed by atoms with Gasteiger partial charge in [-0.05, 0) is 18.4 Å². The summed E-state index contributed by atoms with van der Waals surface area (Å²) in [6.45, 7) is 2.15. The van der Waals surface area contributed by atoms with Gasteiger partial charge in [0.1, 0.15) is 0 Å². The van der Waals surface area contributed by atoms with E-state index in [-0.39, 0.29) is 6.10 Å². The lowest BCUT2D eigenvalue weighted by Gasteiger charge is -2.05. The Bertz CT molecular complexity index is 277. The zero-order valence-electron chi connectivity index (χ0n) is 9.39. The third kappa shape index (κ3) is 5.38. The van der Waals surface area contributed by atoms with E-state index < -0.39 is 0 Å². The summed E-state index contributed by atoms with van der Waals surface area (Å²) >= 11 is 0. The van der Waals surface area contributed by atoms with Crippen LogP contribution in [0, 0.1) is 0 Å². The summed E-state index contributed by atoms with van der Waals surface area (Å²) in [7, 11) is 0. The summed E-state index contributed by atoms with van der Waals surface area (Å²) in [6.07, 6.45) is 7.87. The number of hydrogen-bond acceptors (Lipinski definition) is 1. The molecular formula is C14H20O. The predicted molar refractivity (Wildman–Crippen MR) is 65.6 cm³/mol. The molecule has 1 atom stereocenters. The smallest absolute Gasteiger partial charge is 0.0574 e. The van der Waals surface area contributed by atoms with Crippen LogP contribution in [0.4, 0.5) is 0 Å².